The number of carbonyl (C=O) groups is 2. The number of aromatic nitrogens is 2. The van der Waals surface area contributed by atoms with Crippen molar-refractivity contribution in [1.82, 2.24) is 20.0 Å². The lowest BCUT2D eigenvalue weighted by atomic mass is 10.2. The smallest absolute Gasteiger partial charge is 0.325 e. The van der Waals surface area contributed by atoms with E-state index in [0.29, 0.717) is 29.9 Å². The largest absolute Gasteiger partial charge is 0.338 e. The van der Waals surface area contributed by atoms with Gasteiger partial charge in [-0.05, 0) is 54.0 Å². The SMILES string of the molecule is O=C(NCCCn1ncc2ccc([N+](=O)[O-])cc21)N1C(=O)/C(=C/c2cccc(Br)c2)SC1c1cccc(Br)c1. The van der Waals surface area contributed by atoms with Crippen LogP contribution in [0.5, 0.6) is 0 Å². The van der Waals surface area contributed by atoms with Crippen molar-refractivity contribution in [2.45, 2.75) is 18.3 Å². The van der Waals surface area contributed by atoms with Gasteiger partial charge in [0.05, 0.1) is 21.5 Å². The maximum absolute atomic E-state index is 13.4. The van der Waals surface area contributed by atoms with Crippen LogP contribution in [0, 0.1) is 10.1 Å². The van der Waals surface area contributed by atoms with Gasteiger partial charge in [0.2, 0.25) is 0 Å². The summed E-state index contributed by atoms with van der Waals surface area (Å²) in [5, 5.41) is 18.6. The molecule has 0 aliphatic carbocycles. The Morgan fingerprint density at radius 2 is 1.87 bits per heavy atom. The third-order valence-corrected chi connectivity index (χ3v) is 8.30. The summed E-state index contributed by atoms with van der Waals surface area (Å²) in [6.07, 6.45) is 3.96. The number of urea groups is 1. The van der Waals surface area contributed by atoms with Crippen LogP contribution >= 0.6 is 43.6 Å². The van der Waals surface area contributed by atoms with Crippen LogP contribution in [0.25, 0.3) is 17.0 Å². The Morgan fingerprint density at radius 1 is 1.10 bits per heavy atom. The lowest BCUT2D eigenvalue weighted by molar-refractivity contribution is -0.384. The number of nitro benzene ring substituents is 1. The number of rotatable bonds is 7. The van der Waals surface area contributed by atoms with Crippen LogP contribution in [0.3, 0.4) is 0 Å². The molecule has 1 atom stereocenters. The molecule has 5 rings (SSSR count). The molecular weight excluding hydrogens is 650 g/mol. The zero-order valence-corrected chi connectivity index (χ0v) is 24.3. The summed E-state index contributed by atoms with van der Waals surface area (Å²) < 4.78 is 3.42. The van der Waals surface area contributed by atoms with Gasteiger partial charge in [-0.2, -0.15) is 5.10 Å². The molecule has 0 radical (unpaired) electrons. The maximum Gasteiger partial charge on any atom is 0.325 e. The van der Waals surface area contributed by atoms with E-state index in [1.807, 2.05) is 48.5 Å². The molecular formula is C27H21Br2N5O4S. The molecule has 3 amide bonds. The number of benzene rings is 3. The number of nitrogens with one attached hydrogen (secondary N) is 1. The van der Waals surface area contributed by atoms with E-state index in [1.165, 1.54) is 28.8 Å². The zero-order chi connectivity index (χ0) is 27.5. The number of hydrogen-bond donors (Lipinski definition) is 1. The number of hydrogen-bond acceptors (Lipinski definition) is 6. The molecule has 1 aromatic heterocycles. The normalized spacial score (nSPS) is 16.3. The van der Waals surface area contributed by atoms with Crippen LogP contribution in [0.15, 0.2) is 86.8 Å². The highest BCUT2D eigenvalue weighted by Gasteiger charge is 2.41. The number of fused-ring (bicyclic) bond motifs is 1. The molecule has 9 nitrogen and oxygen atoms in total. The average molecular weight is 671 g/mol. The van der Waals surface area contributed by atoms with Crippen molar-refractivity contribution < 1.29 is 14.5 Å². The van der Waals surface area contributed by atoms with Gasteiger partial charge in [0.25, 0.3) is 11.6 Å². The molecule has 1 fully saturated rings. The van der Waals surface area contributed by atoms with E-state index in [4.69, 9.17) is 0 Å². The van der Waals surface area contributed by atoms with Crippen LogP contribution in [-0.2, 0) is 11.3 Å². The van der Waals surface area contributed by atoms with Crippen molar-refractivity contribution >= 4 is 78.2 Å². The number of imide groups is 1. The molecule has 3 aromatic carbocycles. The Bertz CT molecular complexity index is 1620. The van der Waals surface area contributed by atoms with Crippen LogP contribution in [0.2, 0.25) is 0 Å². The molecule has 1 aliphatic heterocycles. The molecule has 12 heteroatoms. The van der Waals surface area contributed by atoms with Crippen molar-refractivity contribution in [2.75, 3.05) is 6.54 Å². The molecule has 0 bridgehead atoms. The average Bonchev–Trinajstić information content (AvgIpc) is 3.46. The van der Waals surface area contributed by atoms with Gasteiger partial charge < -0.3 is 5.32 Å². The van der Waals surface area contributed by atoms with E-state index in [2.05, 4.69) is 42.3 Å². The van der Waals surface area contributed by atoms with Gasteiger partial charge in [0, 0.05) is 39.6 Å². The summed E-state index contributed by atoms with van der Waals surface area (Å²) in [4.78, 5) is 39.2. The van der Waals surface area contributed by atoms with Gasteiger partial charge in [-0.3, -0.25) is 19.6 Å². The maximum atomic E-state index is 13.4. The molecule has 0 spiro atoms. The number of nitrogens with zero attached hydrogens (tertiary/aromatic N) is 4. The first-order valence-electron chi connectivity index (χ1n) is 11.9. The molecule has 39 heavy (non-hydrogen) atoms. The van der Waals surface area contributed by atoms with Crippen LogP contribution in [0.4, 0.5) is 10.5 Å². The highest BCUT2D eigenvalue weighted by Crippen LogP contribution is 2.46. The van der Waals surface area contributed by atoms with Gasteiger partial charge >= 0.3 is 6.03 Å². The van der Waals surface area contributed by atoms with E-state index in [9.17, 15) is 19.7 Å². The number of non-ortho nitro benzene ring substituents is 1. The van der Waals surface area contributed by atoms with Crippen molar-refractivity contribution in [3.63, 3.8) is 0 Å². The summed E-state index contributed by atoms with van der Waals surface area (Å²) in [7, 11) is 0. The van der Waals surface area contributed by atoms with Crippen molar-refractivity contribution in [1.29, 1.82) is 0 Å². The summed E-state index contributed by atoms with van der Waals surface area (Å²) in [6, 6.07) is 19.3. The van der Waals surface area contributed by atoms with Gasteiger partial charge in [-0.15, -0.1) is 0 Å². The van der Waals surface area contributed by atoms with Gasteiger partial charge in [0.15, 0.2) is 0 Å². The fourth-order valence-electron chi connectivity index (χ4n) is 4.23. The Morgan fingerprint density at radius 3 is 2.62 bits per heavy atom. The fraction of sp³-hybridized carbons (Fsp3) is 0.148. The summed E-state index contributed by atoms with van der Waals surface area (Å²) in [5.41, 5.74) is 2.31. The second kappa shape index (κ2) is 11.7. The third kappa shape index (κ3) is 6.07. The predicted molar refractivity (Wildman–Crippen MR) is 158 cm³/mol. The van der Waals surface area contributed by atoms with E-state index < -0.39 is 16.3 Å². The standard InChI is InChI=1S/C27H21Br2N5O4S/c28-20-6-1-4-17(12-20)13-24-25(35)33(26(39-24)18-5-2-7-21(29)14-18)27(36)30-10-3-11-32-23-15-22(34(37)38)9-8-19(23)16-31-32/h1-2,4-9,12-16,26H,3,10-11H2,(H,30,36)/b24-13-. The van der Waals surface area contributed by atoms with Crippen molar-refractivity contribution in [3.05, 3.63) is 108 Å². The van der Waals surface area contributed by atoms with Crippen molar-refractivity contribution in [2.24, 2.45) is 0 Å². The Kier molecular flexibility index (Phi) is 8.15. The molecule has 4 aromatic rings. The lowest BCUT2D eigenvalue weighted by Gasteiger charge is -2.22. The molecule has 2 heterocycles. The highest BCUT2D eigenvalue weighted by molar-refractivity contribution is 9.10. The highest BCUT2D eigenvalue weighted by atomic mass is 79.9. The van der Waals surface area contributed by atoms with E-state index in [-0.39, 0.29) is 11.6 Å². The minimum Gasteiger partial charge on any atom is -0.338 e. The molecule has 1 unspecified atom stereocenters. The van der Waals surface area contributed by atoms with Gasteiger partial charge in [0.1, 0.15) is 5.37 Å². The second-order valence-electron chi connectivity index (χ2n) is 8.72. The topological polar surface area (TPSA) is 110 Å². The zero-order valence-electron chi connectivity index (χ0n) is 20.3. The Balaban J connectivity index is 1.30. The second-order valence-corrected chi connectivity index (χ2v) is 11.7. The van der Waals surface area contributed by atoms with E-state index >= 15 is 0 Å². The fourth-order valence-corrected chi connectivity index (χ4v) is 6.29. The van der Waals surface area contributed by atoms with E-state index in [1.54, 1.807) is 23.0 Å². The quantitative estimate of drug-likeness (QED) is 0.0993. The number of thioether (sulfide) groups is 1. The predicted octanol–water partition coefficient (Wildman–Crippen LogP) is 6.88. The molecule has 1 aliphatic rings. The minimum atomic E-state index is -0.524. The Hall–Kier alpha value is -3.48. The number of nitro groups is 1. The van der Waals surface area contributed by atoms with Gasteiger partial charge in [-0.1, -0.05) is 67.9 Å². The summed E-state index contributed by atoms with van der Waals surface area (Å²) in [6.45, 7) is 0.732. The summed E-state index contributed by atoms with van der Waals surface area (Å²) >= 11 is 8.26. The first kappa shape index (κ1) is 27.1. The number of halogens is 2. The summed E-state index contributed by atoms with van der Waals surface area (Å²) in [5.74, 6) is -0.368. The van der Waals surface area contributed by atoms with Crippen LogP contribution < -0.4 is 5.32 Å². The molecule has 1 saturated heterocycles. The molecule has 198 valence electrons. The van der Waals surface area contributed by atoms with Crippen LogP contribution in [-0.4, -0.2) is 38.1 Å². The minimum absolute atomic E-state index is 0.00657. The third-order valence-electron chi connectivity index (χ3n) is 6.06. The number of amides is 3. The first-order valence-corrected chi connectivity index (χ1v) is 14.4. The van der Waals surface area contributed by atoms with Gasteiger partial charge in [-0.25, -0.2) is 9.69 Å². The van der Waals surface area contributed by atoms with Crippen LogP contribution in [0.1, 0.15) is 22.9 Å². The lowest BCUT2D eigenvalue weighted by Crippen LogP contribution is -2.42. The van der Waals surface area contributed by atoms with E-state index in [0.717, 1.165) is 25.5 Å². The number of aryl methyl sites for hydroxylation is 1. The monoisotopic (exact) mass is 669 g/mol. The van der Waals surface area contributed by atoms with Crippen molar-refractivity contribution in [3.8, 4) is 0 Å². The molecule has 1 N–H and O–H groups in total. The molecule has 0 saturated carbocycles. The number of carbonyl (C=O) groups excluding carboxylic acids is 2. The Labute approximate surface area is 244 Å². The first-order chi connectivity index (χ1) is 18.8.